The van der Waals surface area contributed by atoms with E-state index in [-0.39, 0.29) is 11.9 Å². The number of nitrogens with one attached hydrogen (secondary N) is 1. The molecule has 184 valence electrons. The maximum absolute atomic E-state index is 13.5. The number of rotatable bonds is 6. The zero-order valence-electron chi connectivity index (χ0n) is 20.9. The van der Waals surface area contributed by atoms with E-state index in [1.807, 2.05) is 37.3 Å². The Balaban J connectivity index is 1.34. The van der Waals surface area contributed by atoms with Crippen LogP contribution in [-0.2, 0) is 6.54 Å². The number of hydrogen-bond donors (Lipinski definition) is 1. The summed E-state index contributed by atoms with van der Waals surface area (Å²) in [5.41, 5.74) is 7.23. The molecule has 0 radical (unpaired) electrons. The van der Waals surface area contributed by atoms with Crippen LogP contribution in [-0.4, -0.2) is 34.5 Å². The molecule has 0 bridgehead atoms. The van der Waals surface area contributed by atoms with E-state index in [9.17, 15) is 4.79 Å². The number of aryl methyl sites for hydroxylation is 1. The second-order valence-electron chi connectivity index (χ2n) is 9.72. The zero-order chi connectivity index (χ0) is 25.1. The smallest absolute Gasteiger partial charge is 0.253 e. The Bertz CT molecular complexity index is 1320. The number of hydrogen-bond acceptors (Lipinski definition) is 2. The first-order valence-electron chi connectivity index (χ1n) is 12.6. The summed E-state index contributed by atoms with van der Waals surface area (Å²) in [6.07, 6.45) is 1.92. The second kappa shape index (κ2) is 10.7. The fraction of sp³-hybridized carbons (Fsp3) is 0.258. The molecule has 2 heterocycles. The molecule has 0 saturated carbocycles. The van der Waals surface area contributed by atoms with Crippen LogP contribution >= 0.6 is 11.6 Å². The highest BCUT2D eigenvalue weighted by atomic mass is 35.5. The maximum Gasteiger partial charge on any atom is 0.253 e. The Morgan fingerprint density at radius 3 is 2.25 bits per heavy atom. The zero-order valence-corrected chi connectivity index (χ0v) is 21.6. The average molecular weight is 498 g/mol. The van der Waals surface area contributed by atoms with E-state index in [0.29, 0.717) is 10.6 Å². The van der Waals surface area contributed by atoms with Gasteiger partial charge in [0, 0.05) is 42.1 Å². The number of benzene rings is 3. The van der Waals surface area contributed by atoms with E-state index in [0.717, 1.165) is 55.1 Å². The molecule has 1 aliphatic rings. The van der Waals surface area contributed by atoms with Crippen LogP contribution in [0.25, 0.3) is 16.9 Å². The third-order valence-electron chi connectivity index (χ3n) is 7.10. The van der Waals surface area contributed by atoms with Crippen molar-refractivity contribution in [3.05, 3.63) is 112 Å². The van der Waals surface area contributed by atoms with E-state index in [2.05, 4.69) is 76.3 Å². The summed E-state index contributed by atoms with van der Waals surface area (Å²) >= 11 is 6.15. The van der Waals surface area contributed by atoms with E-state index >= 15 is 0 Å². The maximum atomic E-state index is 13.5. The quantitative estimate of drug-likeness (QED) is 0.317. The van der Waals surface area contributed by atoms with Crippen LogP contribution in [0.5, 0.6) is 0 Å². The Morgan fingerprint density at radius 2 is 1.58 bits per heavy atom. The van der Waals surface area contributed by atoms with Gasteiger partial charge in [-0.2, -0.15) is 0 Å². The minimum absolute atomic E-state index is 0.00455. The number of likely N-dealkylation sites (tertiary alicyclic amines) is 1. The highest BCUT2D eigenvalue weighted by Crippen LogP contribution is 2.31. The Labute approximate surface area is 218 Å². The molecule has 1 aliphatic heterocycles. The number of nitrogens with zero attached hydrogens (tertiary/aromatic N) is 2. The van der Waals surface area contributed by atoms with Gasteiger partial charge in [0.25, 0.3) is 5.91 Å². The van der Waals surface area contributed by atoms with Gasteiger partial charge < -0.3 is 9.88 Å². The normalized spacial score (nSPS) is 14.6. The minimum Gasteiger partial charge on any atom is -0.349 e. The van der Waals surface area contributed by atoms with Crippen LogP contribution in [0.15, 0.2) is 84.9 Å². The largest absolute Gasteiger partial charge is 0.349 e. The fourth-order valence-corrected chi connectivity index (χ4v) is 5.16. The third kappa shape index (κ3) is 5.40. The summed E-state index contributed by atoms with van der Waals surface area (Å²) in [7, 11) is 0. The Morgan fingerprint density at radius 1 is 0.917 bits per heavy atom. The van der Waals surface area contributed by atoms with Gasteiger partial charge in [0.15, 0.2) is 0 Å². The predicted molar refractivity (Wildman–Crippen MR) is 148 cm³/mol. The standard InChI is InChI=1S/C31H32ClN3O/c1-22-8-14-28(15-9-22)35-23(2)29(20-30(35)25-10-12-26(32)13-11-25)31(36)33-27-16-18-34(19-17-27)21-24-6-4-3-5-7-24/h3-15,20,27H,16-19,21H2,1-2H3,(H,33,36). The molecular formula is C31H32ClN3O. The van der Waals surface area contributed by atoms with Crippen LogP contribution < -0.4 is 5.32 Å². The van der Waals surface area contributed by atoms with Gasteiger partial charge >= 0.3 is 0 Å². The Kier molecular flexibility index (Phi) is 7.26. The minimum atomic E-state index is -0.00455. The molecule has 1 N–H and O–H groups in total. The molecule has 4 aromatic rings. The van der Waals surface area contributed by atoms with Crippen molar-refractivity contribution in [1.82, 2.24) is 14.8 Å². The van der Waals surface area contributed by atoms with Gasteiger partial charge in [-0.25, -0.2) is 0 Å². The number of carbonyl (C=O) groups is 1. The lowest BCUT2D eigenvalue weighted by atomic mass is 10.0. The lowest BCUT2D eigenvalue weighted by Crippen LogP contribution is -2.44. The number of aromatic nitrogens is 1. The summed E-state index contributed by atoms with van der Waals surface area (Å²) in [4.78, 5) is 16.0. The monoisotopic (exact) mass is 497 g/mol. The molecule has 36 heavy (non-hydrogen) atoms. The van der Waals surface area contributed by atoms with E-state index in [4.69, 9.17) is 11.6 Å². The van der Waals surface area contributed by atoms with Gasteiger partial charge in [0.05, 0.1) is 11.3 Å². The van der Waals surface area contributed by atoms with Crippen molar-refractivity contribution >= 4 is 17.5 Å². The van der Waals surface area contributed by atoms with Crippen LogP contribution in [0, 0.1) is 13.8 Å². The van der Waals surface area contributed by atoms with Crippen molar-refractivity contribution in [2.75, 3.05) is 13.1 Å². The molecule has 0 spiro atoms. The molecule has 1 fully saturated rings. The lowest BCUT2D eigenvalue weighted by molar-refractivity contribution is 0.0908. The average Bonchev–Trinajstić information content (AvgIpc) is 3.24. The Hall–Kier alpha value is -3.34. The molecule has 3 aromatic carbocycles. The molecule has 4 nitrogen and oxygen atoms in total. The summed E-state index contributed by atoms with van der Waals surface area (Å²) in [6.45, 7) is 7.04. The van der Waals surface area contributed by atoms with E-state index in [1.165, 1.54) is 11.1 Å². The molecule has 1 aromatic heterocycles. The molecular weight excluding hydrogens is 466 g/mol. The highest BCUT2D eigenvalue weighted by molar-refractivity contribution is 6.30. The number of halogens is 1. The van der Waals surface area contributed by atoms with Crippen molar-refractivity contribution in [3.63, 3.8) is 0 Å². The highest BCUT2D eigenvalue weighted by Gasteiger charge is 2.24. The van der Waals surface area contributed by atoms with Crippen LogP contribution in [0.1, 0.15) is 40.0 Å². The molecule has 1 saturated heterocycles. The number of piperidine rings is 1. The number of carbonyl (C=O) groups excluding carboxylic acids is 1. The summed E-state index contributed by atoms with van der Waals surface area (Å²) < 4.78 is 2.17. The molecule has 0 atom stereocenters. The van der Waals surface area contributed by atoms with Gasteiger partial charge in [-0.3, -0.25) is 9.69 Å². The van der Waals surface area contributed by atoms with Gasteiger partial charge in [0.1, 0.15) is 0 Å². The van der Waals surface area contributed by atoms with Crippen LogP contribution in [0.3, 0.4) is 0 Å². The van der Waals surface area contributed by atoms with Crippen molar-refractivity contribution in [3.8, 4) is 16.9 Å². The molecule has 0 unspecified atom stereocenters. The summed E-state index contributed by atoms with van der Waals surface area (Å²) in [5.74, 6) is -0.00455. The molecule has 5 rings (SSSR count). The van der Waals surface area contributed by atoms with Gasteiger partial charge in [-0.05, 0) is 68.1 Å². The van der Waals surface area contributed by atoms with Crippen molar-refractivity contribution < 1.29 is 4.79 Å². The van der Waals surface area contributed by atoms with Crippen LogP contribution in [0.2, 0.25) is 5.02 Å². The number of amides is 1. The molecule has 1 amide bonds. The van der Waals surface area contributed by atoms with E-state index in [1.54, 1.807) is 0 Å². The van der Waals surface area contributed by atoms with Gasteiger partial charge in [-0.1, -0.05) is 71.8 Å². The van der Waals surface area contributed by atoms with Gasteiger partial charge in [-0.15, -0.1) is 0 Å². The summed E-state index contributed by atoms with van der Waals surface area (Å²) in [5, 5.41) is 4.02. The van der Waals surface area contributed by atoms with E-state index < -0.39 is 0 Å². The van der Waals surface area contributed by atoms with Crippen molar-refractivity contribution in [2.45, 2.75) is 39.3 Å². The topological polar surface area (TPSA) is 37.3 Å². The predicted octanol–water partition coefficient (Wildman–Crippen LogP) is 6.81. The first kappa shape index (κ1) is 24.4. The fourth-order valence-electron chi connectivity index (χ4n) is 5.04. The molecule has 0 aliphatic carbocycles. The van der Waals surface area contributed by atoms with Crippen LogP contribution in [0.4, 0.5) is 0 Å². The third-order valence-corrected chi connectivity index (χ3v) is 7.35. The SMILES string of the molecule is Cc1ccc(-n2c(-c3ccc(Cl)cc3)cc(C(=O)NC3CCN(Cc4ccccc4)CC3)c2C)cc1. The first-order chi connectivity index (χ1) is 17.5. The lowest BCUT2D eigenvalue weighted by Gasteiger charge is -2.32. The first-order valence-corrected chi connectivity index (χ1v) is 13.0. The molecule has 5 heteroatoms. The van der Waals surface area contributed by atoms with Crippen molar-refractivity contribution in [1.29, 1.82) is 0 Å². The van der Waals surface area contributed by atoms with Gasteiger partial charge in [0.2, 0.25) is 0 Å². The van der Waals surface area contributed by atoms with Crippen molar-refractivity contribution in [2.24, 2.45) is 0 Å². The second-order valence-corrected chi connectivity index (χ2v) is 10.2. The summed E-state index contributed by atoms with van der Waals surface area (Å²) in [6, 6.07) is 29.0.